The van der Waals surface area contributed by atoms with Crippen molar-refractivity contribution in [3.8, 4) is 0 Å². The minimum atomic E-state index is -3.34. The summed E-state index contributed by atoms with van der Waals surface area (Å²) in [7, 11) is -3.34. The largest absolute Gasteiger partial charge is 0.370 e. The second-order valence-corrected chi connectivity index (χ2v) is 14.2. The van der Waals surface area contributed by atoms with Crippen LogP contribution < -0.4 is 5.32 Å². The second-order valence-electron chi connectivity index (χ2n) is 11.7. The van der Waals surface area contributed by atoms with Crippen molar-refractivity contribution in [1.29, 1.82) is 0 Å². The quantitative estimate of drug-likeness (QED) is 0.326. The van der Waals surface area contributed by atoms with E-state index in [4.69, 9.17) is 16.6 Å². The predicted molar refractivity (Wildman–Crippen MR) is 173 cm³/mol. The van der Waals surface area contributed by atoms with Crippen LogP contribution in [0.25, 0.3) is 0 Å². The standard InChI is InChI=1S/C34H44ClN3O3S/c1-5-26-12-14-29(15-13-26)25(3)37-33(39)21-27-16-18-38(19-17-27)34-24(2)8-6-11-31(42(4,40)41)22-32(34)36-23-28-9-7-10-30(35)20-28/h7,9-10,12-15,20,22,25,27H,5-6,8,11,16-19,21,23H2,1-4H3,(H,37,39)/b31-22+,34-24?,36-32?. The van der Waals surface area contributed by atoms with Crippen LogP contribution in [-0.4, -0.2) is 44.3 Å². The van der Waals surface area contributed by atoms with E-state index in [0.717, 1.165) is 62.0 Å². The van der Waals surface area contributed by atoms with Gasteiger partial charge in [-0.1, -0.05) is 54.9 Å². The highest BCUT2D eigenvalue weighted by atomic mass is 35.5. The number of likely N-dealkylation sites (tertiary alicyclic amines) is 1. The Bertz CT molecular complexity index is 1450. The first kappa shape index (κ1) is 32.0. The summed E-state index contributed by atoms with van der Waals surface area (Å²) in [5.41, 5.74) is 6.36. The van der Waals surface area contributed by atoms with Crippen molar-refractivity contribution < 1.29 is 13.2 Å². The lowest BCUT2D eigenvalue weighted by atomic mass is 9.91. The smallest absolute Gasteiger partial charge is 0.220 e. The summed E-state index contributed by atoms with van der Waals surface area (Å²) in [5, 5.41) is 3.84. The van der Waals surface area contributed by atoms with Crippen LogP contribution in [0.1, 0.15) is 82.0 Å². The average molecular weight is 610 g/mol. The summed E-state index contributed by atoms with van der Waals surface area (Å²) in [5.74, 6) is 0.394. The number of carbonyl (C=O) groups is 1. The van der Waals surface area contributed by atoms with Crippen LogP contribution in [0.15, 0.2) is 75.8 Å². The van der Waals surface area contributed by atoms with Crippen LogP contribution >= 0.6 is 11.6 Å². The molecule has 1 heterocycles. The molecule has 42 heavy (non-hydrogen) atoms. The molecule has 6 nitrogen and oxygen atoms in total. The maximum atomic E-state index is 12.9. The van der Waals surface area contributed by atoms with Crippen molar-refractivity contribution in [2.75, 3.05) is 19.3 Å². The molecule has 0 saturated carbocycles. The maximum absolute atomic E-state index is 12.9. The van der Waals surface area contributed by atoms with Gasteiger partial charge in [0.2, 0.25) is 5.91 Å². The molecule has 2 aromatic rings. The molecule has 1 amide bonds. The normalized spacial score (nSPS) is 20.1. The Kier molecular flexibility index (Phi) is 11.1. The van der Waals surface area contributed by atoms with E-state index >= 15 is 0 Å². The molecule has 1 aliphatic heterocycles. The van der Waals surface area contributed by atoms with E-state index in [-0.39, 0.29) is 11.9 Å². The van der Waals surface area contributed by atoms with Crippen molar-refractivity contribution in [2.24, 2.45) is 10.9 Å². The van der Waals surface area contributed by atoms with E-state index in [0.29, 0.717) is 40.9 Å². The van der Waals surface area contributed by atoms with Gasteiger partial charge in [-0.25, -0.2) is 8.42 Å². The number of carbonyl (C=O) groups excluding carboxylic acids is 1. The fourth-order valence-electron chi connectivity index (χ4n) is 5.86. The molecule has 1 N–H and O–H groups in total. The Morgan fingerprint density at radius 1 is 1.10 bits per heavy atom. The lowest BCUT2D eigenvalue weighted by Crippen LogP contribution is -2.38. The van der Waals surface area contributed by atoms with Gasteiger partial charge >= 0.3 is 0 Å². The molecule has 226 valence electrons. The van der Waals surface area contributed by atoms with Crippen molar-refractivity contribution in [2.45, 2.75) is 78.3 Å². The Morgan fingerprint density at radius 3 is 2.45 bits per heavy atom. The van der Waals surface area contributed by atoms with Crippen LogP contribution in [0, 0.1) is 5.92 Å². The summed E-state index contributed by atoms with van der Waals surface area (Å²) < 4.78 is 25.2. The third kappa shape index (κ3) is 8.81. The van der Waals surface area contributed by atoms with Gasteiger partial charge in [-0.2, -0.15) is 0 Å². The van der Waals surface area contributed by atoms with Gasteiger partial charge in [0.25, 0.3) is 0 Å². The summed E-state index contributed by atoms with van der Waals surface area (Å²) in [4.78, 5) is 20.7. The van der Waals surface area contributed by atoms with E-state index in [1.165, 1.54) is 17.4 Å². The molecule has 1 saturated heterocycles. The Hall–Kier alpha value is -2.90. The molecule has 2 aliphatic rings. The van der Waals surface area contributed by atoms with E-state index in [1.807, 2.05) is 31.2 Å². The molecule has 2 aromatic carbocycles. The fraction of sp³-hybridized carbons (Fsp3) is 0.471. The lowest BCUT2D eigenvalue weighted by Gasteiger charge is -2.37. The van der Waals surface area contributed by atoms with Crippen LogP contribution in [-0.2, 0) is 27.6 Å². The van der Waals surface area contributed by atoms with E-state index in [9.17, 15) is 13.2 Å². The predicted octanol–water partition coefficient (Wildman–Crippen LogP) is 7.21. The zero-order valence-corrected chi connectivity index (χ0v) is 26.9. The maximum Gasteiger partial charge on any atom is 0.220 e. The van der Waals surface area contributed by atoms with Crippen LogP contribution in [0.3, 0.4) is 0 Å². The number of aryl methyl sites for hydroxylation is 1. The topological polar surface area (TPSA) is 78.8 Å². The van der Waals surface area contributed by atoms with Crippen molar-refractivity contribution >= 4 is 33.1 Å². The zero-order chi connectivity index (χ0) is 30.3. The highest BCUT2D eigenvalue weighted by Gasteiger charge is 2.27. The first-order valence-corrected chi connectivity index (χ1v) is 17.3. The molecule has 0 spiro atoms. The first-order chi connectivity index (χ1) is 20.0. The average Bonchev–Trinajstić information content (AvgIpc) is 2.94. The van der Waals surface area contributed by atoms with Crippen LogP contribution in [0.2, 0.25) is 5.02 Å². The molecule has 8 heteroatoms. The summed E-state index contributed by atoms with van der Waals surface area (Å²) in [6.45, 7) is 8.33. The molecule has 0 bridgehead atoms. The molecular formula is C34H44ClN3O3S. The Labute approximate surface area is 256 Å². The van der Waals surface area contributed by atoms with Gasteiger partial charge in [0, 0.05) is 35.7 Å². The summed E-state index contributed by atoms with van der Waals surface area (Å²) in [6, 6.07) is 16.0. The number of sulfone groups is 1. The molecule has 1 fully saturated rings. The number of amides is 1. The second kappa shape index (κ2) is 14.5. The zero-order valence-electron chi connectivity index (χ0n) is 25.3. The van der Waals surface area contributed by atoms with Crippen molar-refractivity contribution in [3.63, 3.8) is 0 Å². The number of rotatable bonds is 9. The van der Waals surface area contributed by atoms with Crippen molar-refractivity contribution in [3.05, 3.63) is 92.5 Å². The van der Waals surface area contributed by atoms with E-state index in [2.05, 4.69) is 48.3 Å². The number of allylic oxidation sites excluding steroid dienone is 3. The number of halogens is 1. The van der Waals surface area contributed by atoms with Gasteiger partial charge in [0.1, 0.15) is 0 Å². The monoisotopic (exact) mass is 609 g/mol. The summed E-state index contributed by atoms with van der Waals surface area (Å²) in [6.07, 6.45) is 8.48. The van der Waals surface area contributed by atoms with Gasteiger partial charge in [-0.05, 0) is 98.8 Å². The third-order valence-electron chi connectivity index (χ3n) is 8.39. The first-order valence-electron chi connectivity index (χ1n) is 15.1. The van der Waals surface area contributed by atoms with Gasteiger partial charge in [0.05, 0.1) is 24.0 Å². The molecule has 0 radical (unpaired) electrons. The number of hydrogen-bond acceptors (Lipinski definition) is 5. The molecule has 0 aromatic heterocycles. The van der Waals surface area contributed by atoms with Crippen LogP contribution in [0.5, 0.6) is 0 Å². The van der Waals surface area contributed by atoms with E-state index < -0.39 is 9.84 Å². The molecule has 1 unspecified atom stereocenters. The van der Waals surface area contributed by atoms with Crippen molar-refractivity contribution in [1.82, 2.24) is 10.2 Å². The number of nitrogens with zero attached hydrogens (tertiary/aromatic N) is 2. The third-order valence-corrected chi connectivity index (χ3v) is 9.90. The van der Waals surface area contributed by atoms with Crippen LogP contribution in [0.4, 0.5) is 0 Å². The molecular weight excluding hydrogens is 566 g/mol. The highest BCUT2D eigenvalue weighted by molar-refractivity contribution is 7.94. The molecule has 4 rings (SSSR count). The number of aliphatic imine (C=N–C) groups is 1. The fourth-order valence-corrected chi connectivity index (χ4v) is 6.92. The summed E-state index contributed by atoms with van der Waals surface area (Å²) >= 11 is 6.20. The minimum absolute atomic E-state index is 0.0275. The van der Waals surface area contributed by atoms with Gasteiger partial charge in [0.15, 0.2) is 9.84 Å². The van der Waals surface area contributed by atoms with E-state index in [1.54, 1.807) is 6.08 Å². The number of hydrogen-bond donors (Lipinski definition) is 1. The lowest BCUT2D eigenvalue weighted by molar-refractivity contribution is -0.123. The van der Waals surface area contributed by atoms with Gasteiger partial charge in [-0.3, -0.25) is 9.79 Å². The number of nitrogens with one attached hydrogen (secondary N) is 1. The Balaban J connectivity index is 1.46. The number of benzene rings is 2. The van der Waals surface area contributed by atoms with Gasteiger partial charge in [-0.15, -0.1) is 0 Å². The SMILES string of the molecule is CCc1ccc(C(C)NC(=O)CC2CCN(C3=C(C)CCC/C(S(C)(=O)=O)=C\C3=NCc3cccc(Cl)c3)CC2)cc1. The number of piperidine rings is 1. The van der Waals surface area contributed by atoms with Gasteiger partial charge < -0.3 is 10.2 Å². The highest BCUT2D eigenvalue weighted by Crippen LogP contribution is 2.30. The minimum Gasteiger partial charge on any atom is -0.370 e. The Morgan fingerprint density at radius 2 is 1.81 bits per heavy atom. The molecule has 1 aliphatic carbocycles. The molecule has 1 atom stereocenters.